The molecule has 2 N–H and O–H groups in total. The number of aromatic hydroxyl groups is 1. The molecule has 0 radical (unpaired) electrons. The lowest BCUT2D eigenvalue weighted by Gasteiger charge is -2.14. The van der Waals surface area contributed by atoms with Crippen molar-refractivity contribution >= 4 is 38.4 Å². The first-order valence-electron chi connectivity index (χ1n) is 6.72. The van der Waals surface area contributed by atoms with Crippen LogP contribution in [0, 0.1) is 0 Å². The van der Waals surface area contributed by atoms with Crippen LogP contribution in [0.15, 0.2) is 32.9 Å². The summed E-state index contributed by atoms with van der Waals surface area (Å²) in [5.74, 6) is -0.426. The highest BCUT2D eigenvalue weighted by molar-refractivity contribution is 9.10. The summed E-state index contributed by atoms with van der Waals surface area (Å²) in [5, 5.41) is 18.2. The molecule has 0 bridgehead atoms. The third-order valence-corrected chi connectivity index (χ3v) is 3.72. The second-order valence-corrected chi connectivity index (χ2v) is 5.48. The molecule has 0 spiro atoms. The van der Waals surface area contributed by atoms with E-state index in [-0.39, 0.29) is 24.0 Å². The molecule has 21 heavy (non-hydrogen) atoms. The van der Waals surface area contributed by atoms with Crippen LogP contribution in [0.25, 0.3) is 10.9 Å². The van der Waals surface area contributed by atoms with Crippen molar-refractivity contribution in [2.24, 2.45) is 10.2 Å². The van der Waals surface area contributed by atoms with Crippen molar-refractivity contribution < 1.29 is 9.90 Å². The van der Waals surface area contributed by atoms with E-state index in [9.17, 15) is 9.90 Å². The summed E-state index contributed by atoms with van der Waals surface area (Å²) in [4.78, 5) is 16.5. The van der Waals surface area contributed by atoms with E-state index >= 15 is 0 Å². The van der Waals surface area contributed by atoms with E-state index in [1.165, 1.54) is 0 Å². The Morgan fingerprint density at radius 1 is 1.38 bits per heavy atom. The Bertz CT molecular complexity index is 677. The number of aromatic nitrogens is 1. The molecule has 0 saturated carbocycles. The van der Waals surface area contributed by atoms with E-state index in [0.717, 1.165) is 23.1 Å². The second-order valence-electron chi connectivity index (χ2n) is 4.57. The monoisotopic (exact) mass is 352 g/mol. The minimum absolute atomic E-state index is 0.0949. The Morgan fingerprint density at radius 2 is 2.10 bits per heavy atom. The average Bonchev–Trinajstić information content (AvgIpc) is 2.77. The first-order chi connectivity index (χ1) is 10.0. The lowest BCUT2D eigenvalue weighted by Crippen LogP contribution is -2.28. The molecular formula is C14H17BrN4O2. The number of nitrogens with zero attached hydrogens (tertiary/aromatic N) is 3. The van der Waals surface area contributed by atoms with E-state index in [0.29, 0.717) is 5.39 Å². The van der Waals surface area contributed by atoms with E-state index in [1.54, 1.807) is 0 Å². The molecule has 6 nitrogen and oxygen atoms in total. The topological polar surface area (TPSA) is 81.1 Å². The van der Waals surface area contributed by atoms with Gasteiger partial charge in [-0.3, -0.25) is 9.69 Å². The Labute approximate surface area is 131 Å². The van der Waals surface area contributed by atoms with E-state index < -0.39 is 0 Å². The molecule has 0 aliphatic heterocycles. The molecule has 0 fully saturated rings. The molecule has 112 valence electrons. The molecule has 2 rings (SSSR count). The standard InChI is InChI=1S/C14H17BrN4O2/c1-3-19(4-2)8-12(20)17-18-13-10-7-9(15)5-6-11(10)16-14(13)21/h5-7,16,21H,3-4,8H2,1-2H3. The van der Waals surface area contributed by atoms with Crippen LogP contribution in [-0.4, -0.2) is 40.5 Å². The minimum atomic E-state index is -0.331. The zero-order chi connectivity index (χ0) is 15.4. The number of azo groups is 1. The van der Waals surface area contributed by atoms with Crippen molar-refractivity contribution in [3.8, 4) is 5.88 Å². The molecule has 0 aliphatic rings. The summed E-state index contributed by atoms with van der Waals surface area (Å²) in [6.45, 7) is 5.75. The predicted octanol–water partition coefficient (Wildman–Crippen LogP) is 3.59. The first kappa shape index (κ1) is 15.7. The third kappa shape index (κ3) is 3.68. The molecule has 2 aromatic rings. The first-order valence-corrected chi connectivity index (χ1v) is 7.51. The molecular weight excluding hydrogens is 336 g/mol. The number of hydrogen-bond acceptors (Lipinski definition) is 4. The van der Waals surface area contributed by atoms with Crippen LogP contribution >= 0.6 is 15.9 Å². The van der Waals surface area contributed by atoms with Crippen molar-refractivity contribution in [2.75, 3.05) is 19.6 Å². The van der Waals surface area contributed by atoms with Crippen LogP contribution in [0.1, 0.15) is 13.8 Å². The number of H-pyrrole nitrogens is 1. The number of carbonyl (C=O) groups is 1. The second kappa shape index (κ2) is 6.82. The van der Waals surface area contributed by atoms with Gasteiger partial charge in [-0.05, 0) is 31.3 Å². The molecule has 1 aromatic heterocycles. The van der Waals surface area contributed by atoms with Crippen molar-refractivity contribution in [3.05, 3.63) is 22.7 Å². The Balaban J connectivity index is 2.23. The molecule has 0 unspecified atom stereocenters. The summed E-state index contributed by atoms with van der Waals surface area (Å²) < 4.78 is 0.861. The molecule has 7 heteroatoms. The van der Waals surface area contributed by atoms with Gasteiger partial charge in [0.15, 0.2) is 5.69 Å². The molecule has 1 heterocycles. The van der Waals surface area contributed by atoms with Gasteiger partial charge in [-0.15, -0.1) is 10.2 Å². The SMILES string of the molecule is CCN(CC)CC(=O)N=Nc1c(O)[nH]c2ccc(Br)cc12. The molecule has 0 aliphatic carbocycles. The van der Waals surface area contributed by atoms with Gasteiger partial charge in [0.2, 0.25) is 5.88 Å². The fourth-order valence-corrected chi connectivity index (χ4v) is 2.37. The number of halogens is 1. The van der Waals surface area contributed by atoms with E-state index in [1.807, 2.05) is 36.9 Å². The van der Waals surface area contributed by atoms with E-state index in [4.69, 9.17) is 0 Å². The molecule has 0 saturated heterocycles. The number of likely N-dealkylation sites (N-methyl/N-ethyl adjacent to an activating group) is 1. The van der Waals surface area contributed by atoms with Crippen LogP contribution in [0.4, 0.5) is 5.69 Å². The van der Waals surface area contributed by atoms with Gasteiger partial charge in [-0.25, -0.2) is 0 Å². The number of carbonyl (C=O) groups excluding carboxylic acids is 1. The highest BCUT2D eigenvalue weighted by Crippen LogP contribution is 2.36. The Kier molecular flexibility index (Phi) is 5.08. The van der Waals surface area contributed by atoms with Gasteiger partial charge in [-0.2, -0.15) is 0 Å². The fourth-order valence-electron chi connectivity index (χ4n) is 2.01. The van der Waals surface area contributed by atoms with Gasteiger partial charge in [-0.1, -0.05) is 29.8 Å². The number of fused-ring (bicyclic) bond motifs is 1. The van der Waals surface area contributed by atoms with Crippen molar-refractivity contribution in [2.45, 2.75) is 13.8 Å². The van der Waals surface area contributed by atoms with Gasteiger partial charge in [0.1, 0.15) is 0 Å². The summed E-state index contributed by atoms with van der Waals surface area (Å²) >= 11 is 3.37. The van der Waals surface area contributed by atoms with Crippen molar-refractivity contribution in [1.82, 2.24) is 9.88 Å². The molecule has 0 atom stereocenters. The van der Waals surface area contributed by atoms with Crippen LogP contribution in [0.5, 0.6) is 5.88 Å². The highest BCUT2D eigenvalue weighted by atomic mass is 79.9. The predicted molar refractivity (Wildman–Crippen MR) is 85.0 cm³/mol. The van der Waals surface area contributed by atoms with Crippen molar-refractivity contribution in [1.29, 1.82) is 0 Å². The zero-order valence-corrected chi connectivity index (χ0v) is 13.5. The van der Waals surface area contributed by atoms with Gasteiger partial charge < -0.3 is 10.1 Å². The summed E-state index contributed by atoms with van der Waals surface area (Å²) in [5.41, 5.74) is 1.01. The van der Waals surface area contributed by atoms with Gasteiger partial charge >= 0.3 is 0 Å². The number of benzene rings is 1. The summed E-state index contributed by atoms with van der Waals surface area (Å²) in [6.07, 6.45) is 0. The van der Waals surface area contributed by atoms with Gasteiger partial charge in [0, 0.05) is 9.86 Å². The van der Waals surface area contributed by atoms with Gasteiger partial charge in [0.25, 0.3) is 5.91 Å². The number of nitrogens with one attached hydrogen (secondary N) is 1. The van der Waals surface area contributed by atoms with Crippen LogP contribution in [0.3, 0.4) is 0 Å². The summed E-state index contributed by atoms with van der Waals surface area (Å²) in [6, 6.07) is 5.48. The van der Waals surface area contributed by atoms with Gasteiger partial charge in [0.05, 0.1) is 12.1 Å². The quantitative estimate of drug-likeness (QED) is 0.806. The Morgan fingerprint density at radius 3 is 2.76 bits per heavy atom. The normalized spacial score (nSPS) is 11.8. The lowest BCUT2D eigenvalue weighted by atomic mass is 10.2. The largest absolute Gasteiger partial charge is 0.493 e. The zero-order valence-electron chi connectivity index (χ0n) is 11.9. The highest BCUT2D eigenvalue weighted by Gasteiger charge is 2.12. The smallest absolute Gasteiger partial charge is 0.278 e. The molecule has 1 aromatic carbocycles. The van der Waals surface area contributed by atoms with Crippen LogP contribution < -0.4 is 0 Å². The summed E-state index contributed by atoms with van der Waals surface area (Å²) in [7, 11) is 0. The number of hydrogen-bond donors (Lipinski definition) is 2. The molecule has 1 amide bonds. The fraction of sp³-hybridized carbons (Fsp3) is 0.357. The maximum atomic E-state index is 11.8. The Hall–Kier alpha value is -1.73. The number of aromatic amines is 1. The third-order valence-electron chi connectivity index (χ3n) is 3.23. The minimum Gasteiger partial charge on any atom is -0.493 e. The maximum Gasteiger partial charge on any atom is 0.278 e. The lowest BCUT2D eigenvalue weighted by molar-refractivity contribution is -0.119. The van der Waals surface area contributed by atoms with E-state index in [2.05, 4.69) is 31.1 Å². The number of amides is 1. The van der Waals surface area contributed by atoms with Crippen LogP contribution in [0.2, 0.25) is 0 Å². The average molecular weight is 353 g/mol. The maximum absolute atomic E-state index is 11.8. The van der Waals surface area contributed by atoms with Crippen molar-refractivity contribution in [3.63, 3.8) is 0 Å². The van der Waals surface area contributed by atoms with Crippen LogP contribution in [-0.2, 0) is 4.79 Å². The number of rotatable bonds is 5.